The van der Waals surface area contributed by atoms with Gasteiger partial charge in [-0.2, -0.15) is 0 Å². The second-order valence-electron chi connectivity index (χ2n) is 4.26. The van der Waals surface area contributed by atoms with Gasteiger partial charge in [0.2, 0.25) is 0 Å². The molecule has 0 aliphatic carbocycles. The number of aryl methyl sites for hydroxylation is 1. The van der Waals surface area contributed by atoms with Crippen molar-refractivity contribution in [3.05, 3.63) is 39.4 Å². The molecule has 0 spiro atoms. The Bertz CT molecular complexity index is 778. The van der Waals surface area contributed by atoms with E-state index in [2.05, 4.69) is 15.3 Å². The van der Waals surface area contributed by atoms with Gasteiger partial charge >= 0.3 is 0 Å². The van der Waals surface area contributed by atoms with E-state index in [9.17, 15) is 4.79 Å². The number of anilines is 1. The lowest BCUT2D eigenvalue weighted by molar-refractivity contribution is 0.0955. The average Bonchev–Trinajstić information content (AvgIpc) is 3.01. The standard InChI is InChI=1S/C13H12N4OS2/c1-7-17-8(6-19-7)4-16-13(18)12-11(14)9-2-3-15-5-10(9)20-12/h2-3,5-6H,4,14H2,1H3,(H,16,18). The van der Waals surface area contributed by atoms with Crippen LogP contribution in [0.15, 0.2) is 23.8 Å². The molecule has 3 heterocycles. The molecule has 3 rings (SSSR count). The van der Waals surface area contributed by atoms with Gasteiger partial charge in [-0.3, -0.25) is 9.78 Å². The van der Waals surface area contributed by atoms with Gasteiger partial charge in [0.15, 0.2) is 0 Å². The van der Waals surface area contributed by atoms with Crippen molar-refractivity contribution >= 4 is 44.4 Å². The summed E-state index contributed by atoms with van der Waals surface area (Å²) in [6, 6.07) is 1.82. The number of carbonyl (C=O) groups excluding carboxylic acids is 1. The lowest BCUT2D eigenvalue weighted by atomic mass is 10.2. The fourth-order valence-electron chi connectivity index (χ4n) is 1.88. The smallest absolute Gasteiger partial charge is 0.263 e. The topological polar surface area (TPSA) is 80.9 Å². The Kier molecular flexibility index (Phi) is 3.37. The Labute approximate surface area is 123 Å². The highest BCUT2D eigenvalue weighted by Gasteiger charge is 2.16. The number of nitrogens with two attached hydrogens (primary N) is 1. The molecule has 0 radical (unpaired) electrons. The van der Waals surface area contributed by atoms with E-state index >= 15 is 0 Å². The van der Waals surface area contributed by atoms with Gasteiger partial charge in [0.25, 0.3) is 5.91 Å². The van der Waals surface area contributed by atoms with E-state index in [1.54, 1.807) is 23.7 Å². The third-order valence-electron chi connectivity index (χ3n) is 2.83. The summed E-state index contributed by atoms with van der Waals surface area (Å²) in [4.78, 5) is 21.1. The zero-order valence-corrected chi connectivity index (χ0v) is 12.3. The fraction of sp³-hybridized carbons (Fsp3) is 0.154. The molecule has 0 saturated heterocycles. The van der Waals surface area contributed by atoms with Crippen LogP contribution in [-0.2, 0) is 6.54 Å². The Balaban J connectivity index is 1.80. The maximum atomic E-state index is 12.2. The number of nitrogen functional groups attached to an aromatic ring is 1. The first-order valence-corrected chi connectivity index (χ1v) is 7.66. The Morgan fingerprint density at radius 1 is 1.50 bits per heavy atom. The highest BCUT2D eigenvalue weighted by molar-refractivity contribution is 7.21. The minimum absolute atomic E-state index is 0.172. The van der Waals surface area contributed by atoms with E-state index in [1.165, 1.54) is 11.3 Å². The average molecular weight is 304 g/mol. The minimum atomic E-state index is -0.172. The minimum Gasteiger partial charge on any atom is -0.397 e. The van der Waals surface area contributed by atoms with Crippen molar-refractivity contribution in [2.45, 2.75) is 13.5 Å². The second kappa shape index (κ2) is 5.18. The molecule has 1 amide bonds. The van der Waals surface area contributed by atoms with E-state index in [0.29, 0.717) is 17.1 Å². The van der Waals surface area contributed by atoms with E-state index in [1.807, 2.05) is 18.4 Å². The van der Waals surface area contributed by atoms with Crippen molar-refractivity contribution in [2.75, 3.05) is 5.73 Å². The van der Waals surface area contributed by atoms with E-state index in [0.717, 1.165) is 20.8 Å². The summed E-state index contributed by atoms with van der Waals surface area (Å²) in [6.07, 6.45) is 3.39. The number of thiazole rings is 1. The summed E-state index contributed by atoms with van der Waals surface area (Å²) in [5.74, 6) is -0.172. The van der Waals surface area contributed by atoms with Gasteiger partial charge in [0.05, 0.1) is 27.6 Å². The van der Waals surface area contributed by atoms with Crippen molar-refractivity contribution in [3.63, 3.8) is 0 Å². The molecule has 0 unspecified atom stereocenters. The molecule has 0 aliphatic heterocycles. The van der Waals surface area contributed by atoms with Crippen LogP contribution in [0.5, 0.6) is 0 Å². The molecular weight excluding hydrogens is 292 g/mol. The van der Waals surface area contributed by atoms with Crippen LogP contribution in [0.4, 0.5) is 5.69 Å². The highest BCUT2D eigenvalue weighted by atomic mass is 32.1. The van der Waals surface area contributed by atoms with Crippen molar-refractivity contribution in [3.8, 4) is 0 Å². The third kappa shape index (κ3) is 2.37. The Hall–Kier alpha value is -1.99. The van der Waals surface area contributed by atoms with E-state index in [4.69, 9.17) is 5.73 Å². The van der Waals surface area contributed by atoms with Crippen molar-refractivity contribution in [2.24, 2.45) is 0 Å². The summed E-state index contributed by atoms with van der Waals surface area (Å²) >= 11 is 2.92. The van der Waals surface area contributed by atoms with Gasteiger partial charge in [-0.1, -0.05) is 0 Å². The molecular formula is C13H12N4OS2. The van der Waals surface area contributed by atoms with Crippen LogP contribution in [0.2, 0.25) is 0 Å². The number of nitrogens with one attached hydrogen (secondary N) is 1. The predicted octanol–water partition coefficient (Wildman–Crippen LogP) is 2.57. The molecule has 20 heavy (non-hydrogen) atoms. The van der Waals surface area contributed by atoms with Crippen LogP contribution >= 0.6 is 22.7 Å². The Morgan fingerprint density at radius 3 is 3.05 bits per heavy atom. The molecule has 0 atom stereocenters. The Morgan fingerprint density at radius 2 is 2.35 bits per heavy atom. The van der Waals surface area contributed by atoms with Crippen molar-refractivity contribution in [1.82, 2.24) is 15.3 Å². The summed E-state index contributed by atoms with van der Waals surface area (Å²) < 4.78 is 0.916. The van der Waals surface area contributed by atoms with Crippen LogP contribution < -0.4 is 11.1 Å². The van der Waals surface area contributed by atoms with E-state index in [-0.39, 0.29) is 5.91 Å². The first-order valence-electron chi connectivity index (χ1n) is 5.96. The number of thiophene rings is 1. The van der Waals surface area contributed by atoms with Crippen molar-refractivity contribution < 1.29 is 4.79 Å². The lowest BCUT2D eigenvalue weighted by Crippen LogP contribution is -2.22. The molecule has 102 valence electrons. The molecule has 3 N–H and O–H groups in total. The van der Waals surface area contributed by atoms with Crippen LogP contribution in [0, 0.1) is 6.92 Å². The van der Waals surface area contributed by atoms with Gasteiger partial charge in [0.1, 0.15) is 4.88 Å². The predicted molar refractivity (Wildman–Crippen MR) is 82.1 cm³/mol. The molecule has 0 fully saturated rings. The zero-order chi connectivity index (χ0) is 14.1. The normalized spacial score (nSPS) is 10.8. The van der Waals surface area contributed by atoms with Crippen LogP contribution in [-0.4, -0.2) is 15.9 Å². The number of hydrogen-bond acceptors (Lipinski definition) is 6. The molecule has 0 aliphatic rings. The number of hydrogen-bond donors (Lipinski definition) is 2. The number of pyridine rings is 1. The molecule has 0 aromatic carbocycles. The van der Waals surface area contributed by atoms with Gasteiger partial charge < -0.3 is 11.1 Å². The maximum absolute atomic E-state index is 12.2. The highest BCUT2D eigenvalue weighted by Crippen LogP contribution is 2.32. The summed E-state index contributed by atoms with van der Waals surface area (Å²) in [5.41, 5.74) is 7.40. The van der Waals surface area contributed by atoms with Gasteiger partial charge in [0, 0.05) is 23.2 Å². The fourth-order valence-corrected chi connectivity index (χ4v) is 3.50. The monoisotopic (exact) mass is 304 g/mol. The maximum Gasteiger partial charge on any atom is 0.263 e. The number of aromatic nitrogens is 2. The molecule has 0 bridgehead atoms. The van der Waals surface area contributed by atoms with Crippen LogP contribution in [0.3, 0.4) is 0 Å². The molecule has 3 aromatic rings. The zero-order valence-electron chi connectivity index (χ0n) is 10.7. The summed E-state index contributed by atoms with van der Waals surface area (Å²) in [7, 11) is 0. The first kappa shape index (κ1) is 13.0. The van der Waals surface area contributed by atoms with Gasteiger partial charge in [-0.05, 0) is 13.0 Å². The molecule has 5 nitrogen and oxygen atoms in total. The quantitative estimate of drug-likeness (QED) is 0.779. The molecule has 3 aromatic heterocycles. The third-order valence-corrected chi connectivity index (χ3v) is 4.81. The van der Waals surface area contributed by atoms with Gasteiger partial charge in [-0.25, -0.2) is 4.98 Å². The molecule has 7 heteroatoms. The first-order chi connectivity index (χ1) is 9.65. The number of fused-ring (bicyclic) bond motifs is 1. The second-order valence-corrected chi connectivity index (χ2v) is 6.37. The number of carbonyl (C=O) groups is 1. The summed E-state index contributed by atoms with van der Waals surface area (Å²) in [6.45, 7) is 2.35. The summed E-state index contributed by atoms with van der Waals surface area (Å²) in [5, 5.41) is 6.65. The van der Waals surface area contributed by atoms with Crippen LogP contribution in [0.25, 0.3) is 10.1 Å². The lowest BCUT2D eigenvalue weighted by Gasteiger charge is -2.02. The molecule has 0 saturated carbocycles. The van der Waals surface area contributed by atoms with Crippen molar-refractivity contribution in [1.29, 1.82) is 0 Å². The van der Waals surface area contributed by atoms with Gasteiger partial charge in [-0.15, -0.1) is 22.7 Å². The van der Waals surface area contributed by atoms with Crippen LogP contribution in [0.1, 0.15) is 20.4 Å². The largest absolute Gasteiger partial charge is 0.397 e. The number of amides is 1. The number of nitrogens with zero attached hydrogens (tertiary/aromatic N) is 2. The SMILES string of the molecule is Cc1nc(CNC(=O)c2sc3cnccc3c2N)cs1. The number of rotatable bonds is 3. The van der Waals surface area contributed by atoms with E-state index < -0.39 is 0 Å².